The Balaban J connectivity index is 1.57. The highest BCUT2D eigenvalue weighted by Crippen LogP contribution is 2.40. The van der Waals surface area contributed by atoms with Gasteiger partial charge in [0.05, 0.1) is 6.10 Å². The van der Waals surface area contributed by atoms with E-state index in [1.54, 1.807) is 0 Å². The number of aliphatic hydroxyl groups excluding tert-OH is 1. The summed E-state index contributed by atoms with van der Waals surface area (Å²) in [6.45, 7) is 3.31. The van der Waals surface area contributed by atoms with Crippen molar-refractivity contribution in [2.45, 2.75) is 88.6 Å². The van der Waals surface area contributed by atoms with Gasteiger partial charge in [-0.25, -0.2) is 0 Å². The average molecular weight is 252 g/mol. The summed E-state index contributed by atoms with van der Waals surface area (Å²) in [5.41, 5.74) is 0. The van der Waals surface area contributed by atoms with Crippen LogP contribution >= 0.6 is 0 Å². The number of rotatable bonds is 3. The Kier molecular flexibility index (Phi) is 3.92. The van der Waals surface area contributed by atoms with Crippen molar-refractivity contribution in [3.8, 4) is 0 Å². The van der Waals surface area contributed by atoms with E-state index in [1.807, 2.05) is 0 Å². The monoisotopic (exact) mass is 252 g/mol. The van der Waals surface area contributed by atoms with Crippen molar-refractivity contribution in [1.82, 2.24) is 10.2 Å². The van der Waals surface area contributed by atoms with E-state index in [0.29, 0.717) is 12.1 Å². The van der Waals surface area contributed by atoms with Crippen molar-refractivity contribution in [2.75, 3.05) is 6.54 Å². The molecule has 0 aromatic heterocycles. The van der Waals surface area contributed by atoms with Gasteiger partial charge in [0.25, 0.3) is 0 Å². The van der Waals surface area contributed by atoms with Crippen LogP contribution in [0.5, 0.6) is 0 Å². The molecular formula is C15H28N2O. The predicted octanol–water partition coefficient (Wildman–Crippen LogP) is 1.89. The number of piperidine rings is 1. The third kappa shape index (κ3) is 2.45. The molecule has 3 nitrogen and oxygen atoms in total. The Morgan fingerprint density at radius 2 is 1.50 bits per heavy atom. The maximum atomic E-state index is 9.88. The normalized spacial score (nSPS) is 45.3. The molecule has 3 heteroatoms. The third-order valence-corrected chi connectivity index (χ3v) is 5.38. The first kappa shape index (κ1) is 12.9. The molecule has 3 fully saturated rings. The second-order valence-corrected chi connectivity index (χ2v) is 6.52. The van der Waals surface area contributed by atoms with E-state index in [-0.39, 0.29) is 6.10 Å². The summed E-state index contributed by atoms with van der Waals surface area (Å²) >= 11 is 0. The number of nitrogens with one attached hydrogen (secondary N) is 1. The van der Waals surface area contributed by atoms with E-state index in [1.165, 1.54) is 38.5 Å². The number of hydrogen-bond acceptors (Lipinski definition) is 3. The maximum absolute atomic E-state index is 9.88. The molecule has 3 rings (SSSR count). The summed E-state index contributed by atoms with van der Waals surface area (Å²) in [6.07, 6.45) is 10.1. The van der Waals surface area contributed by atoms with Crippen LogP contribution in [0.15, 0.2) is 0 Å². The van der Waals surface area contributed by atoms with Gasteiger partial charge in [-0.1, -0.05) is 6.92 Å². The highest BCUT2D eigenvalue weighted by atomic mass is 16.3. The quantitative estimate of drug-likeness (QED) is 0.805. The molecule has 2 saturated heterocycles. The fourth-order valence-electron chi connectivity index (χ4n) is 4.65. The zero-order valence-corrected chi connectivity index (χ0v) is 11.6. The summed E-state index contributed by atoms with van der Waals surface area (Å²) in [4.78, 5) is 2.80. The second-order valence-electron chi connectivity index (χ2n) is 6.52. The smallest absolute Gasteiger partial charge is 0.0570 e. The van der Waals surface area contributed by atoms with Crippen LogP contribution in [0.4, 0.5) is 0 Å². The van der Waals surface area contributed by atoms with Gasteiger partial charge >= 0.3 is 0 Å². The minimum absolute atomic E-state index is 0.0168. The molecule has 0 aromatic carbocycles. The summed E-state index contributed by atoms with van der Waals surface area (Å²) < 4.78 is 0. The van der Waals surface area contributed by atoms with Crippen molar-refractivity contribution in [3.63, 3.8) is 0 Å². The summed E-state index contributed by atoms with van der Waals surface area (Å²) in [5, 5.41) is 13.5. The first-order valence-electron chi connectivity index (χ1n) is 7.96. The zero-order valence-electron chi connectivity index (χ0n) is 11.6. The maximum Gasteiger partial charge on any atom is 0.0570 e. The van der Waals surface area contributed by atoms with Crippen molar-refractivity contribution in [1.29, 1.82) is 0 Å². The Morgan fingerprint density at radius 1 is 0.944 bits per heavy atom. The van der Waals surface area contributed by atoms with Crippen LogP contribution in [0.3, 0.4) is 0 Å². The van der Waals surface area contributed by atoms with Crippen LogP contribution in [-0.2, 0) is 0 Å². The van der Waals surface area contributed by atoms with Crippen LogP contribution in [0.25, 0.3) is 0 Å². The van der Waals surface area contributed by atoms with Crippen LogP contribution in [-0.4, -0.2) is 46.8 Å². The summed E-state index contributed by atoms with van der Waals surface area (Å²) in [7, 11) is 0. The van der Waals surface area contributed by atoms with Crippen LogP contribution in [0.2, 0.25) is 0 Å². The fourth-order valence-corrected chi connectivity index (χ4v) is 4.65. The van der Waals surface area contributed by atoms with Gasteiger partial charge in [-0.2, -0.15) is 0 Å². The first-order chi connectivity index (χ1) is 8.78. The molecule has 0 radical (unpaired) electrons. The number of nitrogens with zero attached hydrogens (tertiary/aromatic N) is 1. The minimum Gasteiger partial charge on any atom is -0.393 e. The molecule has 0 spiro atoms. The third-order valence-electron chi connectivity index (χ3n) is 5.38. The first-order valence-corrected chi connectivity index (χ1v) is 7.96. The molecule has 2 atom stereocenters. The molecule has 3 aliphatic rings. The van der Waals surface area contributed by atoms with Gasteiger partial charge in [0.15, 0.2) is 0 Å². The summed E-state index contributed by atoms with van der Waals surface area (Å²) in [5.74, 6) is 0. The lowest BCUT2D eigenvalue weighted by atomic mass is 9.87. The number of fused-ring (bicyclic) bond motifs is 2. The molecule has 1 saturated carbocycles. The predicted molar refractivity (Wildman–Crippen MR) is 73.6 cm³/mol. The largest absolute Gasteiger partial charge is 0.393 e. The Hall–Kier alpha value is -0.120. The van der Waals surface area contributed by atoms with Gasteiger partial charge in [0.1, 0.15) is 0 Å². The van der Waals surface area contributed by atoms with Gasteiger partial charge < -0.3 is 10.4 Å². The van der Waals surface area contributed by atoms with Gasteiger partial charge in [-0.15, -0.1) is 0 Å². The molecule has 1 aliphatic carbocycles. The van der Waals surface area contributed by atoms with Crippen molar-refractivity contribution < 1.29 is 5.11 Å². The van der Waals surface area contributed by atoms with E-state index in [2.05, 4.69) is 17.1 Å². The van der Waals surface area contributed by atoms with E-state index in [9.17, 15) is 5.11 Å². The molecular weight excluding hydrogens is 224 g/mol. The number of aliphatic hydroxyl groups is 1. The zero-order chi connectivity index (χ0) is 12.5. The Bertz CT molecular complexity index is 262. The molecule has 0 amide bonds. The van der Waals surface area contributed by atoms with E-state index in [0.717, 1.165) is 31.5 Å². The van der Waals surface area contributed by atoms with Gasteiger partial charge in [0.2, 0.25) is 0 Å². The topological polar surface area (TPSA) is 35.5 Å². The standard InChI is InChI=1S/C15H28N2O/c1-2-16-11-3-5-12(6-4-11)17-13-7-8-14(17)10-15(18)9-13/h11-16,18H,2-10H2,1H3. The molecule has 2 bridgehead atoms. The van der Waals surface area contributed by atoms with Crippen molar-refractivity contribution in [2.24, 2.45) is 0 Å². The van der Waals surface area contributed by atoms with Crippen LogP contribution in [0.1, 0.15) is 58.3 Å². The number of hydrogen-bond donors (Lipinski definition) is 2. The van der Waals surface area contributed by atoms with Gasteiger partial charge in [0, 0.05) is 24.2 Å². The van der Waals surface area contributed by atoms with E-state index >= 15 is 0 Å². The Morgan fingerprint density at radius 3 is 2.06 bits per heavy atom. The summed E-state index contributed by atoms with van der Waals surface area (Å²) in [6, 6.07) is 2.96. The molecule has 2 heterocycles. The fraction of sp³-hybridized carbons (Fsp3) is 1.00. The van der Waals surface area contributed by atoms with Gasteiger partial charge in [-0.05, 0) is 57.9 Å². The lowest BCUT2D eigenvalue weighted by molar-refractivity contribution is -0.00140. The average Bonchev–Trinajstić information content (AvgIpc) is 2.64. The Labute approximate surface area is 111 Å². The molecule has 2 unspecified atom stereocenters. The minimum atomic E-state index is -0.0168. The van der Waals surface area contributed by atoms with Crippen molar-refractivity contribution in [3.05, 3.63) is 0 Å². The van der Waals surface area contributed by atoms with Crippen LogP contribution in [0, 0.1) is 0 Å². The highest BCUT2D eigenvalue weighted by molar-refractivity contribution is 4.99. The molecule has 0 aromatic rings. The van der Waals surface area contributed by atoms with E-state index in [4.69, 9.17) is 0 Å². The highest BCUT2D eigenvalue weighted by Gasteiger charge is 2.43. The van der Waals surface area contributed by atoms with Gasteiger partial charge in [-0.3, -0.25) is 4.90 Å². The van der Waals surface area contributed by atoms with E-state index < -0.39 is 0 Å². The SMILES string of the molecule is CCNC1CCC(N2C3CCC2CC(O)C3)CC1. The lowest BCUT2D eigenvalue weighted by Gasteiger charge is -2.45. The molecule has 104 valence electrons. The lowest BCUT2D eigenvalue weighted by Crippen LogP contribution is -2.52. The molecule has 2 aliphatic heterocycles. The van der Waals surface area contributed by atoms with Crippen LogP contribution < -0.4 is 5.32 Å². The molecule has 2 N–H and O–H groups in total. The second kappa shape index (κ2) is 5.48. The molecule has 18 heavy (non-hydrogen) atoms. The van der Waals surface area contributed by atoms with Crippen molar-refractivity contribution >= 4 is 0 Å².